The molecule has 1 saturated heterocycles. The highest BCUT2D eigenvalue weighted by atomic mass is 32.1. The van der Waals surface area contributed by atoms with E-state index in [-0.39, 0.29) is 11.8 Å². The van der Waals surface area contributed by atoms with E-state index in [2.05, 4.69) is 37.2 Å². The van der Waals surface area contributed by atoms with Gasteiger partial charge in [0.15, 0.2) is 5.82 Å². The molecule has 1 aliphatic rings. The predicted molar refractivity (Wildman–Crippen MR) is 115 cm³/mol. The van der Waals surface area contributed by atoms with E-state index >= 15 is 0 Å². The zero-order valence-corrected chi connectivity index (χ0v) is 18.1. The zero-order valence-electron chi connectivity index (χ0n) is 17.3. The lowest BCUT2D eigenvalue weighted by atomic mass is 9.96. The van der Waals surface area contributed by atoms with Crippen molar-refractivity contribution in [2.75, 3.05) is 18.0 Å². The van der Waals surface area contributed by atoms with Gasteiger partial charge < -0.3 is 14.7 Å². The van der Waals surface area contributed by atoms with Gasteiger partial charge in [0.1, 0.15) is 17.2 Å². The maximum absolute atomic E-state index is 12.8. The van der Waals surface area contributed by atoms with Crippen LogP contribution in [0.2, 0.25) is 0 Å². The molecule has 0 radical (unpaired) electrons. The van der Waals surface area contributed by atoms with Crippen LogP contribution in [0.1, 0.15) is 42.7 Å². The molecule has 4 rings (SSSR count). The van der Waals surface area contributed by atoms with Gasteiger partial charge in [-0.05, 0) is 37.6 Å². The van der Waals surface area contributed by atoms with Gasteiger partial charge in [-0.2, -0.15) is 4.98 Å². The fourth-order valence-corrected chi connectivity index (χ4v) is 4.30. The molecule has 1 unspecified atom stereocenters. The molecule has 8 nitrogen and oxygen atoms in total. The van der Waals surface area contributed by atoms with Crippen molar-refractivity contribution in [1.29, 1.82) is 0 Å². The fourth-order valence-electron chi connectivity index (χ4n) is 3.65. The number of piperidine rings is 1. The van der Waals surface area contributed by atoms with Crippen LogP contribution in [-0.2, 0) is 17.8 Å². The molecule has 0 aliphatic carbocycles. The Labute approximate surface area is 179 Å². The van der Waals surface area contributed by atoms with Crippen molar-refractivity contribution in [2.24, 2.45) is 5.92 Å². The molecule has 3 aromatic heterocycles. The molecule has 1 fully saturated rings. The van der Waals surface area contributed by atoms with E-state index in [1.807, 2.05) is 24.4 Å². The van der Waals surface area contributed by atoms with E-state index in [1.54, 1.807) is 17.5 Å². The summed E-state index contributed by atoms with van der Waals surface area (Å²) in [6, 6.07) is 4.03. The molecule has 1 atom stereocenters. The number of aryl methyl sites for hydroxylation is 2. The summed E-state index contributed by atoms with van der Waals surface area (Å²) in [5.74, 6) is 2.54. The number of carbonyl (C=O) groups is 1. The average Bonchev–Trinajstić information content (AvgIpc) is 3.44. The van der Waals surface area contributed by atoms with Crippen molar-refractivity contribution in [3.05, 3.63) is 40.2 Å². The van der Waals surface area contributed by atoms with Crippen LogP contribution in [0.5, 0.6) is 0 Å². The molecule has 0 bridgehead atoms. The summed E-state index contributed by atoms with van der Waals surface area (Å²) in [7, 11) is 0. The summed E-state index contributed by atoms with van der Waals surface area (Å²) in [5.41, 5.74) is 0.718. The normalized spacial score (nSPS) is 16.6. The van der Waals surface area contributed by atoms with Gasteiger partial charge in [0.05, 0.1) is 12.5 Å². The first-order valence-electron chi connectivity index (χ1n) is 10.4. The lowest BCUT2D eigenvalue weighted by molar-refractivity contribution is -0.125. The van der Waals surface area contributed by atoms with Gasteiger partial charge in [-0.3, -0.25) is 4.79 Å². The molecule has 1 N–H and O–H groups in total. The minimum Gasteiger partial charge on any atom is -0.355 e. The quantitative estimate of drug-likeness (QED) is 0.618. The molecule has 158 valence electrons. The van der Waals surface area contributed by atoms with Crippen molar-refractivity contribution in [2.45, 2.75) is 46.1 Å². The molecular weight excluding hydrogens is 400 g/mol. The van der Waals surface area contributed by atoms with Crippen molar-refractivity contribution >= 4 is 23.1 Å². The van der Waals surface area contributed by atoms with Crippen LogP contribution in [0, 0.1) is 12.8 Å². The van der Waals surface area contributed by atoms with Gasteiger partial charge in [-0.1, -0.05) is 18.1 Å². The number of nitrogens with one attached hydrogen (secondary N) is 1. The number of rotatable bonds is 7. The minimum absolute atomic E-state index is 0.0832. The second-order valence-corrected chi connectivity index (χ2v) is 8.53. The minimum atomic E-state index is -0.0832. The molecule has 1 amide bonds. The van der Waals surface area contributed by atoms with Gasteiger partial charge in [0.25, 0.3) is 5.89 Å². The number of amides is 1. The number of nitrogens with zero attached hydrogens (tertiary/aromatic N) is 5. The number of carbonyl (C=O) groups excluding carboxylic acids is 1. The number of aromatic nitrogens is 4. The third-order valence-corrected chi connectivity index (χ3v) is 6.05. The molecular formula is C21H26N6O2S. The second-order valence-electron chi connectivity index (χ2n) is 7.50. The first-order valence-corrected chi connectivity index (χ1v) is 11.2. The first kappa shape index (κ1) is 20.5. The van der Waals surface area contributed by atoms with E-state index in [9.17, 15) is 4.79 Å². The Hall–Kier alpha value is -2.81. The topological polar surface area (TPSA) is 97.0 Å². The second kappa shape index (κ2) is 9.34. The smallest absolute Gasteiger partial charge is 0.263 e. The number of hydrogen-bond donors (Lipinski definition) is 1. The summed E-state index contributed by atoms with van der Waals surface area (Å²) in [5, 5.41) is 9.15. The van der Waals surface area contributed by atoms with E-state index in [0.29, 0.717) is 30.6 Å². The van der Waals surface area contributed by atoms with Crippen LogP contribution < -0.4 is 10.2 Å². The van der Waals surface area contributed by atoms with Crippen molar-refractivity contribution in [3.63, 3.8) is 0 Å². The Balaban J connectivity index is 1.51. The SMILES string of the molecule is CCCc1noc(-c2cnc(C)nc2N2CCCC(C(=O)NCc3cccs3)C2)n1. The highest BCUT2D eigenvalue weighted by molar-refractivity contribution is 7.09. The largest absolute Gasteiger partial charge is 0.355 e. The average molecular weight is 427 g/mol. The van der Waals surface area contributed by atoms with Gasteiger partial charge in [-0.15, -0.1) is 11.3 Å². The van der Waals surface area contributed by atoms with Crippen molar-refractivity contribution in [3.8, 4) is 11.5 Å². The standard InChI is InChI=1S/C21H26N6O2S/c1-3-6-18-25-21(29-26-18)17-12-22-14(2)24-19(17)27-9-4-7-15(13-27)20(28)23-11-16-8-5-10-30-16/h5,8,10,12,15H,3-4,6-7,9,11,13H2,1-2H3,(H,23,28). The Morgan fingerprint density at radius 1 is 1.40 bits per heavy atom. The monoisotopic (exact) mass is 426 g/mol. The Morgan fingerprint density at radius 2 is 2.30 bits per heavy atom. The van der Waals surface area contributed by atoms with Gasteiger partial charge in [0.2, 0.25) is 5.91 Å². The van der Waals surface area contributed by atoms with Crippen LogP contribution in [-0.4, -0.2) is 39.1 Å². The van der Waals surface area contributed by atoms with Crippen molar-refractivity contribution < 1.29 is 9.32 Å². The number of thiophene rings is 1. The van der Waals surface area contributed by atoms with Crippen LogP contribution in [0.15, 0.2) is 28.2 Å². The van der Waals surface area contributed by atoms with E-state index < -0.39 is 0 Å². The van der Waals surface area contributed by atoms with E-state index in [1.165, 1.54) is 0 Å². The summed E-state index contributed by atoms with van der Waals surface area (Å²) in [6.45, 7) is 5.95. The molecule has 0 aromatic carbocycles. The molecule has 9 heteroatoms. The van der Waals surface area contributed by atoms with Crippen LogP contribution >= 0.6 is 11.3 Å². The lowest BCUT2D eigenvalue weighted by Gasteiger charge is -2.33. The van der Waals surface area contributed by atoms with Crippen LogP contribution in [0.4, 0.5) is 5.82 Å². The summed E-state index contributed by atoms with van der Waals surface area (Å²) in [4.78, 5) is 29.6. The summed E-state index contributed by atoms with van der Waals surface area (Å²) >= 11 is 1.65. The molecule has 3 aromatic rings. The molecule has 4 heterocycles. The third kappa shape index (κ3) is 4.67. The highest BCUT2D eigenvalue weighted by Crippen LogP contribution is 2.31. The van der Waals surface area contributed by atoms with Gasteiger partial charge in [0, 0.05) is 30.6 Å². The number of anilines is 1. The number of hydrogen-bond acceptors (Lipinski definition) is 8. The van der Waals surface area contributed by atoms with E-state index in [4.69, 9.17) is 4.52 Å². The molecule has 0 spiro atoms. The maximum Gasteiger partial charge on any atom is 0.263 e. The molecule has 0 saturated carbocycles. The first-order chi connectivity index (χ1) is 14.6. The Kier molecular flexibility index (Phi) is 6.37. The molecule has 1 aliphatic heterocycles. The zero-order chi connectivity index (χ0) is 20.9. The Bertz CT molecular complexity index is 987. The maximum atomic E-state index is 12.8. The van der Waals surface area contributed by atoms with Crippen molar-refractivity contribution in [1.82, 2.24) is 25.4 Å². The third-order valence-electron chi connectivity index (χ3n) is 5.17. The highest BCUT2D eigenvalue weighted by Gasteiger charge is 2.29. The fraction of sp³-hybridized carbons (Fsp3) is 0.476. The summed E-state index contributed by atoms with van der Waals surface area (Å²) < 4.78 is 5.48. The van der Waals surface area contributed by atoms with Gasteiger partial charge in [-0.25, -0.2) is 9.97 Å². The molecule has 30 heavy (non-hydrogen) atoms. The predicted octanol–water partition coefficient (Wildman–Crippen LogP) is 3.38. The van der Waals surface area contributed by atoms with Gasteiger partial charge >= 0.3 is 0 Å². The lowest BCUT2D eigenvalue weighted by Crippen LogP contribution is -2.43. The van der Waals surface area contributed by atoms with Crippen LogP contribution in [0.25, 0.3) is 11.5 Å². The Morgan fingerprint density at radius 3 is 3.10 bits per heavy atom. The van der Waals surface area contributed by atoms with Crippen LogP contribution in [0.3, 0.4) is 0 Å². The summed E-state index contributed by atoms with van der Waals surface area (Å²) in [6.07, 6.45) is 5.24. The van der Waals surface area contributed by atoms with E-state index in [0.717, 1.165) is 48.5 Å².